The summed E-state index contributed by atoms with van der Waals surface area (Å²) in [6.45, 7) is 1.20. The Labute approximate surface area is 92.3 Å². The molecule has 7 heteroatoms. The summed E-state index contributed by atoms with van der Waals surface area (Å²) in [5, 5.41) is 21.1. The molecule has 0 aliphatic carbocycles. The molecule has 1 rings (SSSR count). The topological polar surface area (TPSA) is 105 Å². The van der Waals surface area contributed by atoms with E-state index < -0.39 is 23.9 Å². The molecule has 0 radical (unpaired) electrons. The summed E-state index contributed by atoms with van der Waals surface area (Å²) in [5.41, 5.74) is 0. The van der Waals surface area contributed by atoms with Gasteiger partial charge < -0.3 is 25.0 Å². The Morgan fingerprint density at radius 3 is 2.56 bits per heavy atom. The second-order valence-electron chi connectivity index (χ2n) is 3.65. The zero-order valence-corrected chi connectivity index (χ0v) is 9.10. The molecule has 3 unspecified atom stereocenters. The first-order chi connectivity index (χ1) is 7.41. The van der Waals surface area contributed by atoms with Crippen molar-refractivity contribution < 1.29 is 29.3 Å². The van der Waals surface area contributed by atoms with E-state index in [2.05, 4.69) is 5.32 Å². The molecule has 1 heterocycles. The van der Waals surface area contributed by atoms with E-state index in [-0.39, 0.29) is 18.9 Å². The molecule has 1 amide bonds. The molecular formula is C9H15NO6. The van der Waals surface area contributed by atoms with E-state index in [1.807, 2.05) is 0 Å². The number of ether oxygens (including phenoxy) is 2. The predicted octanol–water partition coefficient (Wildman–Crippen LogP) is -1.30. The molecule has 0 aromatic carbocycles. The van der Waals surface area contributed by atoms with E-state index in [1.54, 1.807) is 0 Å². The van der Waals surface area contributed by atoms with Gasteiger partial charge in [-0.1, -0.05) is 0 Å². The first-order valence-electron chi connectivity index (χ1n) is 4.79. The van der Waals surface area contributed by atoms with Gasteiger partial charge in [-0.3, -0.25) is 4.79 Å². The fourth-order valence-electron chi connectivity index (χ4n) is 1.59. The Bertz CT molecular complexity index is 294. The van der Waals surface area contributed by atoms with Gasteiger partial charge in [-0.25, -0.2) is 4.79 Å². The number of methoxy groups -OCH3 is 1. The van der Waals surface area contributed by atoms with Crippen LogP contribution in [0.5, 0.6) is 0 Å². The summed E-state index contributed by atoms with van der Waals surface area (Å²) in [4.78, 5) is 21.7. The number of aliphatic hydroxyl groups is 1. The molecule has 1 aliphatic heterocycles. The Hall–Kier alpha value is -1.18. The summed E-state index contributed by atoms with van der Waals surface area (Å²) in [5.74, 6) is -3.43. The van der Waals surface area contributed by atoms with Crippen LogP contribution in [0.2, 0.25) is 0 Å². The van der Waals surface area contributed by atoms with E-state index in [0.717, 1.165) is 0 Å². The quantitative estimate of drug-likeness (QED) is 0.559. The van der Waals surface area contributed by atoms with Gasteiger partial charge in [0.25, 0.3) is 5.79 Å². The molecule has 16 heavy (non-hydrogen) atoms. The maximum atomic E-state index is 10.9. The van der Waals surface area contributed by atoms with Gasteiger partial charge >= 0.3 is 5.97 Å². The third-order valence-corrected chi connectivity index (χ3v) is 2.48. The number of hydrogen-bond acceptors (Lipinski definition) is 5. The minimum absolute atomic E-state index is 0.110. The molecule has 0 saturated carbocycles. The zero-order valence-electron chi connectivity index (χ0n) is 9.10. The van der Waals surface area contributed by atoms with Gasteiger partial charge in [-0.05, 0) is 0 Å². The van der Waals surface area contributed by atoms with Gasteiger partial charge in [0.15, 0.2) is 0 Å². The van der Waals surface area contributed by atoms with Crippen molar-refractivity contribution in [2.45, 2.75) is 31.3 Å². The fraction of sp³-hybridized carbons (Fsp3) is 0.778. The van der Waals surface area contributed by atoms with Gasteiger partial charge in [0.2, 0.25) is 5.91 Å². The molecule has 92 valence electrons. The lowest BCUT2D eigenvalue weighted by molar-refractivity contribution is -0.264. The summed E-state index contributed by atoms with van der Waals surface area (Å²) in [6.07, 6.45) is -1.25. The second-order valence-corrected chi connectivity index (χ2v) is 3.65. The van der Waals surface area contributed by atoms with Crippen molar-refractivity contribution in [2.75, 3.05) is 13.7 Å². The third kappa shape index (κ3) is 2.49. The van der Waals surface area contributed by atoms with E-state index in [9.17, 15) is 14.7 Å². The maximum absolute atomic E-state index is 10.9. The average Bonchev–Trinajstić information content (AvgIpc) is 2.20. The number of rotatable bonds is 3. The SMILES string of the molecule is COC1(C(=O)O)CC(O)C(NC(C)=O)CO1. The minimum atomic E-state index is -1.83. The highest BCUT2D eigenvalue weighted by molar-refractivity contribution is 5.76. The van der Waals surface area contributed by atoms with Crippen LogP contribution in [0.25, 0.3) is 0 Å². The van der Waals surface area contributed by atoms with Crippen molar-refractivity contribution >= 4 is 11.9 Å². The summed E-state index contributed by atoms with van der Waals surface area (Å²) < 4.78 is 9.83. The summed E-state index contributed by atoms with van der Waals surface area (Å²) in [7, 11) is 1.19. The number of aliphatic carboxylic acids is 1. The monoisotopic (exact) mass is 233 g/mol. The van der Waals surface area contributed by atoms with Crippen LogP contribution in [0.1, 0.15) is 13.3 Å². The van der Waals surface area contributed by atoms with Crippen LogP contribution in [0.4, 0.5) is 0 Å². The standard InChI is InChI=1S/C9H15NO6/c1-5(11)10-6-4-16-9(15-2,8(13)14)3-7(6)12/h6-7,12H,3-4H2,1-2H3,(H,10,11)(H,13,14). The first-order valence-corrected chi connectivity index (χ1v) is 4.79. The van der Waals surface area contributed by atoms with Crippen LogP contribution in [0.15, 0.2) is 0 Å². The number of amides is 1. The normalized spacial score (nSPS) is 34.4. The summed E-state index contributed by atoms with van der Waals surface area (Å²) in [6, 6.07) is -0.611. The Morgan fingerprint density at radius 1 is 1.56 bits per heavy atom. The fourth-order valence-corrected chi connectivity index (χ4v) is 1.59. The Kier molecular flexibility index (Phi) is 3.84. The second kappa shape index (κ2) is 4.77. The third-order valence-electron chi connectivity index (χ3n) is 2.48. The first kappa shape index (κ1) is 12.9. The molecule has 0 aromatic rings. The number of hydrogen-bond donors (Lipinski definition) is 3. The van der Waals surface area contributed by atoms with Crippen molar-refractivity contribution in [1.29, 1.82) is 0 Å². The highest BCUT2D eigenvalue weighted by atomic mass is 16.7. The van der Waals surface area contributed by atoms with Gasteiger partial charge in [-0.15, -0.1) is 0 Å². The van der Waals surface area contributed by atoms with Crippen molar-refractivity contribution in [2.24, 2.45) is 0 Å². The molecule has 7 nitrogen and oxygen atoms in total. The molecule has 3 atom stereocenters. The highest BCUT2D eigenvalue weighted by Crippen LogP contribution is 2.26. The van der Waals surface area contributed by atoms with Crippen molar-refractivity contribution in [3.8, 4) is 0 Å². The van der Waals surface area contributed by atoms with Crippen LogP contribution >= 0.6 is 0 Å². The van der Waals surface area contributed by atoms with Gasteiger partial charge in [0.1, 0.15) is 0 Å². The lowest BCUT2D eigenvalue weighted by atomic mass is 9.98. The lowest BCUT2D eigenvalue weighted by Gasteiger charge is -2.38. The zero-order chi connectivity index (χ0) is 12.3. The highest BCUT2D eigenvalue weighted by Gasteiger charge is 2.48. The van der Waals surface area contributed by atoms with Crippen molar-refractivity contribution in [3.63, 3.8) is 0 Å². The van der Waals surface area contributed by atoms with E-state index in [4.69, 9.17) is 14.6 Å². The average molecular weight is 233 g/mol. The molecular weight excluding hydrogens is 218 g/mol. The number of carboxylic acids is 1. The molecule has 0 bridgehead atoms. The lowest BCUT2D eigenvalue weighted by Crippen LogP contribution is -2.59. The molecule has 0 spiro atoms. The largest absolute Gasteiger partial charge is 0.477 e. The minimum Gasteiger partial charge on any atom is -0.477 e. The Morgan fingerprint density at radius 2 is 2.19 bits per heavy atom. The van der Waals surface area contributed by atoms with Crippen LogP contribution in [-0.4, -0.2) is 53.7 Å². The molecule has 1 aliphatic rings. The van der Waals surface area contributed by atoms with Gasteiger partial charge in [0.05, 0.1) is 18.8 Å². The van der Waals surface area contributed by atoms with Gasteiger partial charge in [-0.2, -0.15) is 0 Å². The van der Waals surface area contributed by atoms with E-state index >= 15 is 0 Å². The number of carbonyl (C=O) groups excluding carboxylic acids is 1. The van der Waals surface area contributed by atoms with Crippen LogP contribution in [-0.2, 0) is 19.1 Å². The molecule has 0 aromatic heterocycles. The number of carbonyl (C=O) groups is 2. The van der Waals surface area contributed by atoms with Gasteiger partial charge in [0, 0.05) is 20.5 Å². The van der Waals surface area contributed by atoms with Crippen molar-refractivity contribution in [1.82, 2.24) is 5.32 Å². The molecule has 1 fully saturated rings. The van der Waals surface area contributed by atoms with Crippen molar-refractivity contribution in [3.05, 3.63) is 0 Å². The van der Waals surface area contributed by atoms with Crippen LogP contribution < -0.4 is 5.32 Å². The van der Waals surface area contributed by atoms with Crippen LogP contribution in [0.3, 0.4) is 0 Å². The van der Waals surface area contributed by atoms with Crippen LogP contribution in [0, 0.1) is 0 Å². The molecule has 1 saturated heterocycles. The molecule has 3 N–H and O–H groups in total. The maximum Gasteiger partial charge on any atom is 0.364 e. The van der Waals surface area contributed by atoms with E-state index in [1.165, 1.54) is 14.0 Å². The number of aliphatic hydroxyl groups excluding tert-OH is 1. The Balaban J connectivity index is 2.69. The smallest absolute Gasteiger partial charge is 0.364 e. The summed E-state index contributed by atoms with van der Waals surface area (Å²) >= 11 is 0. The number of carboxylic acid groups (broad SMARTS) is 1. The van der Waals surface area contributed by atoms with E-state index in [0.29, 0.717) is 0 Å². The number of nitrogens with one attached hydrogen (secondary N) is 1. The predicted molar refractivity (Wildman–Crippen MR) is 51.6 cm³/mol.